The fourth-order valence-electron chi connectivity index (χ4n) is 4.93. The van der Waals surface area contributed by atoms with Crippen molar-refractivity contribution >= 4 is 34.4 Å². The van der Waals surface area contributed by atoms with Crippen molar-refractivity contribution in [2.24, 2.45) is 11.7 Å². The maximum Gasteiger partial charge on any atom is 0.333 e. The van der Waals surface area contributed by atoms with E-state index in [1.54, 1.807) is 34.3 Å². The molecule has 2 aromatic heterocycles. The van der Waals surface area contributed by atoms with Crippen LogP contribution >= 0.6 is 23.2 Å². The third kappa shape index (κ3) is 5.04. The molecule has 5 rings (SSSR count). The summed E-state index contributed by atoms with van der Waals surface area (Å²) in [4.78, 5) is 32.9. The van der Waals surface area contributed by atoms with Gasteiger partial charge in [-0.25, -0.2) is 9.78 Å². The number of nitrogens with zero attached hydrogens (tertiary/aromatic N) is 4. The van der Waals surface area contributed by atoms with Gasteiger partial charge in [-0.05, 0) is 62.1 Å². The lowest BCUT2D eigenvalue weighted by Crippen LogP contribution is -2.44. The summed E-state index contributed by atoms with van der Waals surface area (Å²) >= 11 is 12.8. The van der Waals surface area contributed by atoms with Crippen LogP contribution in [0.15, 0.2) is 58.1 Å². The van der Waals surface area contributed by atoms with Gasteiger partial charge in [0.2, 0.25) is 0 Å². The minimum Gasteiger partial charge on any atom is -0.381 e. The van der Waals surface area contributed by atoms with Crippen molar-refractivity contribution < 1.29 is 9.47 Å². The van der Waals surface area contributed by atoms with Gasteiger partial charge in [0.1, 0.15) is 5.82 Å². The summed E-state index contributed by atoms with van der Waals surface area (Å²) in [5.41, 5.74) is 6.50. The van der Waals surface area contributed by atoms with Crippen molar-refractivity contribution in [3.63, 3.8) is 0 Å². The van der Waals surface area contributed by atoms with E-state index in [0.29, 0.717) is 52.5 Å². The molecule has 2 N–H and O–H groups in total. The molecule has 2 aromatic carbocycles. The molecule has 1 aliphatic heterocycles. The molecule has 0 bridgehead atoms. The van der Waals surface area contributed by atoms with Crippen molar-refractivity contribution in [2.75, 3.05) is 26.6 Å². The van der Waals surface area contributed by atoms with Crippen LogP contribution in [0.4, 0.5) is 0 Å². The van der Waals surface area contributed by atoms with E-state index >= 15 is 0 Å². The first-order valence-corrected chi connectivity index (χ1v) is 13.3. The monoisotopic (exact) mass is 557 g/mol. The van der Waals surface area contributed by atoms with Gasteiger partial charge in [0.15, 0.2) is 11.2 Å². The van der Waals surface area contributed by atoms with E-state index in [1.165, 1.54) is 4.57 Å². The normalized spacial score (nSPS) is 15.3. The van der Waals surface area contributed by atoms with E-state index in [0.717, 1.165) is 12.8 Å². The van der Waals surface area contributed by atoms with Crippen molar-refractivity contribution in [3.05, 3.63) is 79.4 Å². The molecule has 1 aliphatic rings. The van der Waals surface area contributed by atoms with E-state index < -0.39 is 17.3 Å². The summed E-state index contributed by atoms with van der Waals surface area (Å²) in [6, 6.07) is 13.8. The Labute approximate surface area is 229 Å². The molecule has 4 aromatic rings. The van der Waals surface area contributed by atoms with Gasteiger partial charge in [-0.15, -0.1) is 0 Å². The molecule has 1 fully saturated rings. The van der Waals surface area contributed by atoms with Gasteiger partial charge < -0.3 is 15.2 Å². The predicted molar refractivity (Wildman–Crippen MR) is 148 cm³/mol. The summed E-state index contributed by atoms with van der Waals surface area (Å²) in [6.07, 6.45) is 1.63. The second-order valence-electron chi connectivity index (χ2n) is 9.41. The highest BCUT2D eigenvalue weighted by Gasteiger charge is 2.27. The summed E-state index contributed by atoms with van der Waals surface area (Å²) in [5, 5.41) is 1.03. The molecule has 0 spiro atoms. The molecule has 1 saturated heterocycles. The lowest BCUT2D eigenvalue weighted by Gasteiger charge is -2.24. The third-order valence-electron chi connectivity index (χ3n) is 6.87. The highest BCUT2D eigenvalue weighted by Crippen LogP contribution is 2.32. The van der Waals surface area contributed by atoms with Crippen LogP contribution in [0.3, 0.4) is 0 Å². The molecule has 3 heterocycles. The minimum absolute atomic E-state index is 0.0169. The summed E-state index contributed by atoms with van der Waals surface area (Å²) in [6.45, 7) is 3.53. The molecule has 11 heteroatoms. The molecule has 0 saturated carbocycles. The largest absolute Gasteiger partial charge is 0.381 e. The van der Waals surface area contributed by atoms with E-state index in [1.807, 2.05) is 30.3 Å². The lowest BCUT2D eigenvalue weighted by atomic mass is 10.0. The zero-order valence-corrected chi connectivity index (χ0v) is 22.5. The number of nitrogens with two attached hydrogens (primary N) is 1. The Kier molecular flexibility index (Phi) is 8.01. The van der Waals surface area contributed by atoms with E-state index in [9.17, 15) is 9.59 Å². The van der Waals surface area contributed by atoms with Crippen molar-refractivity contribution in [3.8, 4) is 17.1 Å². The van der Waals surface area contributed by atoms with Crippen LogP contribution in [0, 0.1) is 5.92 Å². The van der Waals surface area contributed by atoms with Crippen LogP contribution in [-0.4, -0.2) is 45.2 Å². The van der Waals surface area contributed by atoms with E-state index in [4.69, 9.17) is 43.4 Å². The number of rotatable bonds is 8. The fraction of sp³-hybridized carbons (Fsp3) is 0.370. The zero-order chi connectivity index (χ0) is 26.8. The van der Waals surface area contributed by atoms with Gasteiger partial charge >= 0.3 is 5.69 Å². The Morgan fingerprint density at radius 2 is 1.82 bits per heavy atom. The molecule has 9 nitrogen and oxygen atoms in total. The molecule has 0 aliphatic carbocycles. The van der Waals surface area contributed by atoms with Crippen LogP contribution in [0.25, 0.3) is 28.2 Å². The number of benzene rings is 2. The second kappa shape index (κ2) is 11.4. The maximum atomic E-state index is 14.1. The highest BCUT2D eigenvalue weighted by atomic mass is 35.5. The number of halogens is 2. The molecular weight excluding hydrogens is 529 g/mol. The first-order valence-electron chi connectivity index (χ1n) is 12.5. The Morgan fingerprint density at radius 3 is 2.50 bits per heavy atom. The molecule has 200 valence electrons. The number of hydrogen-bond donors (Lipinski definition) is 1. The van der Waals surface area contributed by atoms with Crippen LogP contribution in [0.2, 0.25) is 10.0 Å². The van der Waals surface area contributed by atoms with Gasteiger partial charge in [-0.3, -0.25) is 18.5 Å². The fourth-order valence-corrected chi connectivity index (χ4v) is 5.27. The topological polar surface area (TPSA) is 106 Å². The van der Waals surface area contributed by atoms with Crippen LogP contribution in [-0.2, 0) is 16.0 Å². The average molecular weight is 558 g/mol. The van der Waals surface area contributed by atoms with Crippen molar-refractivity contribution in [2.45, 2.75) is 32.4 Å². The minimum atomic E-state index is -0.554. The van der Waals surface area contributed by atoms with Gasteiger partial charge in [-0.1, -0.05) is 35.3 Å². The Morgan fingerprint density at radius 1 is 1.11 bits per heavy atom. The first-order chi connectivity index (χ1) is 18.4. The molecule has 38 heavy (non-hydrogen) atoms. The smallest absolute Gasteiger partial charge is 0.333 e. The van der Waals surface area contributed by atoms with Gasteiger partial charge in [0.25, 0.3) is 5.56 Å². The van der Waals surface area contributed by atoms with Crippen LogP contribution < -0.4 is 17.0 Å². The van der Waals surface area contributed by atoms with Crippen molar-refractivity contribution in [1.29, 1.82) is 0 Å². The molecule has 1 atom stereocenters. The average Bonchev–Trinajstić information content (AvgIpc) is 3.32. The van der Waals surface area contributed by atoms with Gasteiger partial charge in [-0.2, -0.15) is 0 Å². The zero-order valence-electron chi connectivity index (χ0n) is 21.0. The number of fused-ring (bicyclic) bond motifs is 1. The summed E-state index contributed by atoms with van der Waals surface area (Å²) < 4.78 is 15.5. The van der Waals surface area contributed by atoms with E-state index in [2.05, 4.69) is 0 Å². The van der Waals surface area contributed by atoms with Crippen molar-refractivity contribution in [1.82, 2.24) is 18.7 Å². The quantitative estimate of drug-likeness (QED) is 0.325. The number of imidazole rings is 1. The second-order valence-corrected chi connectivity index (χ2v) is 10.3. The maximum absolute atomic E-state index is 14.1. The number of hydrogen-bond acceptors (Lipinski definition) is 6. The molecular formula is C27H29Cl2N5O4. The summed E-state index contributed by atoms with van der Waals surface area (Å²) in [7, 11) is 0. The summed E-state index contributed by atoms with van der Waals surface area (Å²) in [5.74, 6) is 0.657. The highest BCUT2D eigenvalue weighted by molar-refractivity contribution is 6.33. The SMILES string of the molecule is C[C@@H](COCN)n1c(=O)c2c(nc(-c3ccccc3Cl)n2-c2ccc(Cl)cc2)n(CC2CCOCC2)c1=O. The Bertz CT molecular complexity index is 1550. The Hall–Kier alpha value is -2.95. The lowest BCUT2D eigenvalue weighted by molar-refractivity contribution is 0.0608. The Balaban J connectivity index is 1.86. The molecule has 0 amide bonds. The molecule has 0 radical (unpaired) electrons. The standard InChI is InChI=1S/C27H29Cl2N5O4/c1-17(15-38-16-30)33-26(35)23-25(32(27(33)36)14-18-10-12-37-13-11-18)31-24(21-4-2-3-5-22(21)29)34(23)20-8-6-19(28)7-9-20/h2-9,17-18H,10-16,30H2,1H3/t17-/m0/s1. The van der Waals surface area contributed by atoms with E-state index in [-0.39, 0.29) is 24.8 Å². The predicted octanol–water partition coefficient (Wildman–Crippen LogP) is 4.24. The molecule has 0 unspecified atom stereocenters. The number of ether oxygens (including phenoxy) is 2. The van der Waals surface area contributed by atoms with Gasteiger partial charge in [0.05, 0.1) is 24.4 Å². The van der Waals surface area contributed by atoms with Crippen LogP contribution in [0.1, 0.15) is 25.8 Å². The van der Waals surface area contributed by atoms with Crippen LogP contribution in [0.5, 0.6) is 0 Å². The third-order valence-corrected chi connectivity index (χ3v) is 7.45. The van der Waals surface area contributed by atoms with Gasteiger partial charge in [0, 0.05) is 36.0 Å². The first kappa shape index (κ1) is 26.6. The number of aromatic nitrogens is 4.